The summed E-state index contributed by atoms with van der Waals surface area (Å²) in [6.45, 7) is 0. The van der Waals surface area contributed by atoms with Gasteiger partial charge in [0.15, 0.2) is 5.78 Å². The molecule has 0 aliphatic carbocycles. The number of ketones is 1. The first kappa shape index (κ1) is 27.0. The van der Waals surface area contributed by atoms with Crippen LogP contribution in [-0.4, -0.2) is 40.6 Å². The summed E-state index contributed by atoms with van der Waals surface area (Å²) in [6.07, 6.45) is 3.66. The van der Waals surface area contributed by atoms with E-state index in [4.69, 9.17) is 4.74 Å². The molecule has 0 spiro atoms. The van der Waals surface area contributed by atoms with E-state index in [1.54, 1.807) is 47.4 Å². The van der Waals surface area contributed by atoms with Gasteiger partial charge in [0.2, 0.25) is 11.8 Å². The number of amides is 2. The molecule has 3 heterocycles. The first-order valence-electron chi connectivity index (χ1n) is 13.9. The maximum absolute atomic E-state index is 14.0. The largest absolute Gasteiger partial charge is 0.425 e. The van der Waals surface area contributed by atoms with E-state index in [1.807, 2.05) is 36.4 Å². The average molecular weight is 586 g/mol. The minimum absolute atomic E-state index is 0.0705. The van der Waals surface area contributed by atoms with Crippen LogP contribution < -0.4 is 14.5 Å². The summed E-state index contributed by atoms with van der Waals surface area (Å²) in [5.41, 5.74) is 2.24. The number of nitro benzene ring substituents is 1. The third-order valence-electron chi connectivity index (χ3n) is 8.33. The predicted octanol–water partition coefficient (Wildman–Crippen LogP) is 4.82. The number of hydrogen-bond acceptors (Lipinski definition) is 8. The third-order valence-corrected chi connectivity index (χ3v) is 8.33. The molecule has 4 aromatic rings. The average Bonchev–Trinajstić information content (AvgIpc) is 3.53. The number of fused-ring (bicyclic) bond motifs is 5. The molecular weight excluding hydrogens is 562 g/mol. The summed E-state index contributed by atoms with van der Waals surface area (Å²) < 4.78 is 5.80. The van der Waals surface area contributed by atoms with Crippen molar-refractivity contribution in [3.8, 4) is 5.75 Å². The molecule has 4 aromatic carbocycles. The molecule has 216 valence electrons. The molecule has 10 heteroatoms. The van der Waals surface area contributed by atoms with E-state index in [0.717, 1.165) is 10.5 Å². The lowest BCUT2D eigenvalue weighted by Crippen LogP contribution is -2.50. The second-order valence-corrected chi connectivity index (χ2v) is 10.7. The van der Waals surface area contributed by atoms with Crippen molar-refractivity contribution in [3.05, 3.63) is 136 Å². The summed E-state index contributed by atoms with van der Waals surface area (Å²) in [5.74, 6) is -3.95. The highest BCUT2D eigenvalue weighted by atomic mass is 16.6. The summed E-state index contributed by atoms with van der Waals surface area (Å²) in [7, 11) is 0. The van der Waals surface area contributed by atoms with Gasteiger partial charge in [-0.1, -0.05) is 66.7 Å². The van der Waals surface area contributed by atoms with Crippen molar-refractivity contribution < 1.29 is 28.8 Å². The maximum atomic E-state index is 14.0. The fourth-order valence-corrected chi connectivity index (χ4v) is 6.39. The van der Waals surface area contributed by atoms with Crippen molar-refractivity contribution in [2.45, 2.75) is 12.1 Å². The minimum Gasteiger partial charge on any atom is -0.425 e. The zero-order valence-electron chi connectivity index (χ0n) is 23.0. The Balaban J connectivity index is 1.23. The number of benzene rings is 4. The lowest BCUT2D eigenvalue weighted by Gasteiger charge is -2.36. The molecule has 7 rings (SSSR count). The van der Waals surface area contributed by atoms with Gasteiger partial charge < -0.3 is 9.64 Å². The fourth-order valence-electron chi connectivity index (χ4n) is 6.39. The Morgan fingerprint density at radius 3 is 2.20 bits per heavy atom. The van der Waals surface area contributed by atoms with Gasteiger partial charge in [0.25, 0.3) is 5.69 Å². The highest BCUT2D eigenvalue weighted by Gasteiger charge is 2.65. The number of carbonyl (C=O) groups is 4. The molecule has 2 saturated heterocycles. The van der Waals surface area contributed by atoms with Crippen LogP contribution in [0.3, 0.4) is 0 Å². The maximum Gasteiger partial charge on any atom is 0.335 e. The van der Waals surface area contributed by atoms with Crippen LogP contribution in [-0.2, 0) is 14.4 Å². The highest BCUT2D eigenvalue weighted by molar-refractivity contribution is 6.24. The van der Waals surface area contributed by atoms with Gasteiger partial charge in [0.05, 0.1) is 28.5 Å². The van der Waals surface area contributed by atoms with Crippen LogP contribution in [0.5, 0.6) is 5.75 Å². The molecule has 44 heavy (non-hydrogen) atoms. The van der Waals surface area contributed by atoms with Gasteiger partial charge in [-0.15, -0.1) is 0 Å². The zero-order valence-corrected chi connectivity index (χ0v) is 23.0. The molecule has 0 radical (unpaired) electrons. The molecule has 3 aliphatic heterocycles. The standard InChI is InChI=1S/C34H23N3O7/c38-31(21-8-2-1-3-9-21)22-13-16-25(17-14-22)44-34(41)30-29-28(27-18-15-20-7-4-5-12-26(20)36(27)30)32(39)35(33(29)40)23-10-6-11-24(19-23)37(42)43/h1-19,27-30H. The Morgan fingerprint density at radius 1 is 0.773 bits per heavy atom. The molecule has 0 N–H and O–H groups in total. The SMILES string of the molecule is O=C(c1ccccc1)c1ccc(OC(=O)C2C3C(=O)N(c4cccc([N+](=O)[O-])c4)C(=O)C3C3C=Cc4ccccc4N32)cc1. The van der Waals surface area contributed by atoms with Gasteiger partial charge >= 0.3 is 5.97 Å². The van der Waals surface area contributed by atoms with E-state index in [-0.39, 0.29) is 22.9 Å². The zero-order chi connectivity index (χ0) is 30.5. The number of anilines is 2. The number of carbonyl (C=O) groups excluding carboxylic acids is 4. The van der Waals surface area contributed by atoms with Crippen molar-refractivity contribution in [2.24, 2.45) is 11.8 Å². The molecule has 0 aromatic heterocycles. The van der Waals surface area contributed by atoms with E-state index >= 15 is 0 Å². The molecular formula is C34H23N3O7. The lowest BCUT2D eigenvalue weighted by atomic mass is 9.89. The van der Waals surface area contributed by atoms with E-state index in [0.29, 0.717) is 16.8 Å². The van der Waals surface area contributed by atoms with Gasteiger partial charge in [0.1, 0.15) is 11.8 Å². The summed E-state index contributed by atoms with van der Waals surface area (Å²) in [5, 5.41) is 11.4. The third kappa shape index (κ3) is 4.27. The van der Waals surface area contributed by atoms with Crippen molar-refractivity contribution in [1.82, 2.24) is 0 Å². The molecule has 4 atom stereocenters. The number of nitro groups is 1. The molecule has 4 unspecified atom stereocenters. The Hall–Kier alpha value is -5.90. The van der Waals surface area contributed by atoms with Crippen LogP contribution in [0, 0.1) is 22.0 Å². The van der Waals surface area contributed by atoms with E-state index < -0.39 is 46.6 Å². The molecule has 2 fully saturated rings. The normalized spacial score (nSPS) is 21.5. The summed E-state index contributed by atoms with van der Waals surface area (Å²) >= 11 is 0. The van der Waals surface area contributed by atoms with Crippen LogP contribution in [0.2, 0.25) is 0 Å². The summed E-state index contributed by atoms with van der Waals surface area (Å²) in [6, 6.07) is 25.8. The number of imide groups is 1. The fraction of sp³-hybridized carbons (Fsp3) is 0.118. The van der Waals surface area contributed by atoms with Crippen molar-refractivity contribution in [2.75, 3.05) is 9.80 Å². The van der Waals surface area contributed by atoms with Gasteiger partial charge in [-0.3, -0.25) is 24.5 Å². The predicted molar refractivity (Wildman–Crippen MR) is 160 cm³/mol. The first-order chi connectivity index (χ1) is 21.3. The Bertz CT molecular complexity index is 1890. The van der Waals surface area contributed by atoms with E-state index in [2.05, 4.69) is 0 Å². The molecule has 3 aliphatic rings. The second kappa shape index (κ2) is 10.4. The number of esters is 1. The monoisotopic (exact) mass is 585 g/mol. The molecule has 0 saturated carbocycles. The topological polar surface area (TPSA) is 127 Å². The Labute approximate surface area is 250 Å². The number of hydrogen-bond donors (Lipinski definition) is 0. The van der Waals surface area contributed by atoms with Gasteiger partial charge in [-0.2, -0.15) is 0 Å². The van der Waals surface area contributed by atoms with E-state index in [9.17, 15) is 29.3 Å². The number of nitrogens with zero attached hydrogens (tertiary/aromatic N) is 3. The van der Waals surface area contributed by atoms with Crippen LogP contribution in [0.25, 0.3) is 6.08 Å². The van der Waals surface area contributed by atoms with Gasteiger partial charge in [0, 0.05) is 28.9 Å². The van der Waals surface area contributed by atoms with Crippen LogP contribution >= 0.6 is 0 Å². The first-order valence-corrected chi connectivity index (χ1v) is 13.9. The lowest BCUT2D eigenvalue weighted by molar-refractivity contribution is -0.384. The highest BCUT2D eigenvalue weighted by Crippen LogP contribution is 2.49. The molecule has 0 bridgehead atoms. The number of ether oxygens (including phenoxy) is 1. The van der Waals surface area contributed by atoms with Gasteiger partial charge in [-0.25, -0.2) is 9.69 Å². The number of para-hydroxylation sites is 1. The van der Waals surface area contributed by atoms with Crippen LogP contribution in [0.15, 0.2) is 109 Å². The minimum atomic E-state index is -1.16. The van der Waals surface area contributed by atoms with Crippen molar-refractivity contribution in [3.63, 3.8) is 0 Å². The number of rotatable bonds is 6. The summed E-state index contributed by atoms with van der Waals surface area (Å²) in [4.78, 5) is 68.2. The van der Waals surface area contributed by atoms with Crippen molar-refractivity contribution in [1.29, 1.82) is 0 Å². The number of non-ortho nitro benzene ring substituents is 1. The Morgan fingerprint density at radius 2 is 1.45 bits per heavy atom. The van der Waals surface area contributed by atoms with Gasteiger partial charge in [-0.05, 0) is 42.0 Å². The van der Waals surface area contributed by atoms with Crippen molar-refractivity contribution >= 4 is 46.7 Å². The second-order valence-electron chi connectivity index (χ2n) is 10.7. The smallest absolute Gasteiger partial charge is 0.335 e. The van der Waals surface area contributed by atoms with Crippen LogP contribution in [0.4, 0.5) is 17.1 Å². The van der Waals surface area contributed by atoms with Crippen LogP contribution in [0.1, 0.15) is 21.5 Å². The molecule has 10 nitrogen and oxygen atoms in total. The Kier molecular flexibility index (Phi) is 6.39. The quantitative estimate of drug-likeness (QED) is 0.0787. The molecule has 2 amide bonds. The van der Waals surface area contributed by atoms with E-state index in [1.165, 1.54) is 36.4 Å².